The van der Waals surface area contributed by atoms with Crippen molar-refractivity contribution in [2.24, 2.45) is 0 Å². The molecule has 9 heteroatoms. The third-order valence-corrected chi connectivity index (χ3v) is 4.03. The molecule has 1 amide bonds. The molecular weight excluding hydrogens is 354 g/mol. The number of carbonyl (C=O) groups excluding carboxylic acids is 1. The van der Waals surface area contributed by atoms with Crippen LogP contribution < -0.4 is 21.9 Å². The molecule has 0 spiro atoms. The van der Waals surface area contributed by atoms with Gasteiger partial charge in [-0.3, -0.25) is 19.1 Å². The zero-order chi connectivity index (χ0) is 15.9. The number of aromatic nitrogens is 2. The first-order valence-electron chi connectivity index (χ1n) is 7.25. The molecule has 1 fully saturated rings. The number of carbonyl (C=O) groups is 1. The van der Waals surface area contributed by atoms with Crippen molar-refractivity contribution in [3.8, 4) is 0 Å². The lowest BCUT2D eigenvalue weighted by Crippen LogP contribution is -2.44. The molecule has 22 heavy (non-hydrogen) atoms. The first kappa shape index (κ1) is 16.9. The van der Waals surface area contributed by atoms with Crippen LogP contribution in [0.3, 0.4) is 0 Å². The molecule has 1 aliphatic heterocycles. The SMILES string of the molecule is O=C(Cn1cc(Br)c(=O)[nH]c1=O)NCCCN1CCNCC1. The standard InChI is InChI=1S/C13H20BrN5O3/c14-10-8-19(13(22)17-12(10)21)9-11(20)16-2-1-5-18-6-3-15-4-7-18/h8,15H,1-7,9H2,(H,16,20)(H,17,21,22). The molecule has 8 nitrogen and oxygen atoms in total. The Bertz CT molecular complexity index is 621. The fourth-order valence-electron chi connectivity index (χ4n) is 2.28. The molecular formula is C13H20BrN5O3. The lowest BCUT2D eigenvalue weighted by atomic mass is 10.3. The monoisotopic (exact) mass is 373 g/mol. The third-order valence-electron chi connectivity index (χ3n) is 3.46. The van der Waals surface area contributed by atoms with Crippen molar-refractivity contribution >= 4 is 21.8 Å². The van der Waals surface area contributed by atoms with Gasteiger partial charge in [-0.15, -0.1) is 0 Å². The first-order chi connectivity index (χ1) is 10.6. The van der Waals surface area contributed by atoms with Crippen LogP contribution in [-0.4, -0.2) is 59.6 Å². The molecule has 0 radical (unpaired) electrons. The molecule has 0 unspecified atom stereocenters. The van der Waals surface area contributed by atoms with E-state index in [0.29, 0.717) is 6.54 Å². The quantitative estimate of drug-likeness (QED) is 0.539. The van der Waals surface area contributed by atoms with Gasteiger partial charge in [-0.25, -0.2) is 4.79 Å². The van der Waals surface area contributed by atoms with Crippen molar-refractivity contribution in [3.63, 3.8) is 0 Å². The summed E-state index contributed by atoms with van der Waals surface area (Å²) in [6.45, 7) is 5.51. The van der Waals surface area contributed by atoms with E-state index in [1.54, 1.807) is 0 Å². The number of halogens is 1. The minimum absolute atomic E-state index is 0.109. The van der Waals surface area contributed by atoms with Crippen LogP contribution in [0.5, 0.6) is 0 Å². The second-order valence-corrected chi connectivity index (χ2v) is 6.01. The number of nitrogens with zero attached hydrogens (tertiary/aromatic N) is 2. The van der Waals surface area contributed by atoms with E-state index in [0.717, 1.165) is 43.7 Å². The fourth-order valence-corrected chi connectivity index (χ4v) is 2.62. The van der Waals surface area contributed by atoms with E-state index in [1.807, 2.05) is 0 Å². The molecule has 0 aromatic carbocycles. The Morgan fingerprint density at radius 2 is 2.05 bits per heavy atom. The van der Waals surface area contributed by atoms with Crippen molar-refractivity contribution in [3.05, 3.63) is 31.5 Å². The highest BCUT2D eigenvalue weighted by molar-refractivity contribution is 9.10. The number of hydrogen-bond donors (Lipinski definition) is 3. The Kier molecular flexibility index (Phi) is 6.34. The predicted octanol–water partition coefficient (Wildman–Crippen LogP) is -1.29. The maximum absolute atomic E-state index is 11.8. The van der Waals surface area contributed by atoms with Crippen molar-refractivity contribution < 1.29 is 4.79 Å². The van der Waals surface area contributed by atoms with E-state index in [4.69, 9.17) is 0 Å². The minimum Gasteiger partial charge on any atom is -0.354 e. The minimum atomic E-state index is -0.593. The molecule has 0 atom stereocenters. The van der Waals surface area contributed by atoms with Crippen LogP contribution in [0.1, 0.15) is 6.42 Å². The Balaban J connectivity index is 1.72. The number of amides is 1. The molecule has 0 saturated carbocycles. The van der Waals surface area contributed by atoms with Gasteiger partial charge in [-0.1, -0.05) is 0 Å². The molecule has 1 saturated heterocycles. The normalized spacial score (nSPS) is 15.7. The van der Waals surface area contributed by atoms with E-state index in [-0.39, 0.29) is 16.9 Å². The van der Waals surface area contributed by atoms with Crippen molar-refractivity contribution in [1.29, 1.82) is 0 Å². The molecule has 1 aliphatic rings. The highest BCUT2D eigenvalue weighted by Gasteiger charge is 2.09. The van der Waals surface area contributed by atoms with Crippen molar-refractivity contribution in [2.75, 3.05) is 39.3 Å². The maximum atomic E-state index is 11.8. The zero-order valence-corrected chi connectivity index (χ0v) is 13.8. The van der Waals surface area contributed by atoms with Crippen LogP contribution in [0.25, 0.3) is 0 Å². The van der Waals surface area contributed by atoms with Gasteiger partial charge in [0.05, 0.1) is 4.47 Å². The van der Waals surface area contributed by atoms with E-state index >= 15 is 0 Å². The Morgan fingerprint density at radius 1 is 1.32 bits per heavy atom. The Morgan fingerprint density at radius 3 is 2.77 bits per heavy atom. The molecule has 0 aliphatic carbocycles. The van der Waals surface area contributed by atoms with Crippen LogP contribution in [0.15, 0.2) is 20.3 Å². The number of hydrogen-bond acceptors (Lipinski definition) is 5. The molecule has 2 heterocycles. The highest BCUT2D eigenvalue weighted by Crippen LogP contribution is 1.97. The van der Waals surface area contributed by atoms with Gasteiger partial charge in [0, 0.05) is 38.9 Å². The summed E-state index contributed by atoms with van der Waals surface area (Å²) in [5, 5.41) is 6.08. The van der Waals surface area contributed by atoms with Crippen LogP contribution in [-0.2, 0) is 11.3 Å². The first-order valence-corrected chi connectivity index (χ1v) is 8.04. The lowest BCUT2D eigenvalue weighted by molar-refractivity contribution is -0.121. The van der Waals surface area contributed by atoms with Gasteiger partial charge in [0.2, 0.25) is 5.91 Å². The van der Waals surface area contributed by atoms with Gasteiger partial charge in [0.25, 0.3) is 5.56 Å². The topological polar surface area (TPSA) is 99.2 Å². The molecule has 2 rings (SSSR count). The Labute approximate surface area is 136 Å². The van der Waals surface area contributed by atoms with E-state index < -0.39 is 11.2 Å². The van der Waals surface area contributed by atoms with Crippen molar-refractivity contribution in [1.82, 2.24) is 25.1 Å². The average Bonchev–Trinajstić information content (AvgIpc) is 2.50. The molecule has 122 valence electrons. The molecule has 0 bridgehead atoms. The summed E-state index contributed by atoms with van der Waals surface area (Å²) in [7, 11) is 0. The van der Waals surface area contributed by atoms with Gasteiger partial charge in [-0.05, 0) is 28.9 Å². The molecule has 1 aromatic heterocycles. The lowest BCUT2D eigenvalue weighted by Gasteiger charge is -2.27. The Hall–Kier alpha value is -1.45. The summed E-state index contributed by atoms with van der Waals surface area (Å²) in [6.07, 6.45) is 2.19. The van der Waals surface area contributed by atoms with Crippen LogP contribution in [0, 0.1) is 0 Å². The second-order valence-electron chi connectivity index (χ2n) is 5.16. The predicted molar refractivity (Wildman–Crippen MR) is 86.0 cm³/mol. The molecule has 1 aromatic rings. The molecule has 3 N–H and O–H groups in total. The van der Waals surface area contributed by atoms with Gasteiger partial charge in [0.1, 0.15) is 6.54 Å². The average molecular weight is 374 g/mol. The van der Waals surface area contributed by atoms with Gasteiger partial charge < -0.3 is 15.5 Å². The number of aromatic amines is 1. The van der Waals surface area contributed by atoms with Crippen LogP contribution in [0.4, 0.5) is 0 Å². The number of piperazine rings is 1. The smallest absolute Gasteiger partial charge is 0.328 e. The van der Waals surface area contributed by atoms with Crippen LogP contribution >= 0.6 is 15.9 Å². The van der Waals surface area contributed by atoms with Gasteiger partial charge in [0.15, 0.2) is 0 Å². The second kappa shape index (κ2) is 8.25. The largest absolute Gasteiger partial charge is 0.354 e. The summed E-state index contributed by atoms with van der Waals surface area (Å²) < 4.78 is 1.38. The van der Waals surface area contributed by atoms with Crippen molar-refractivity contribution in [2.45, 2.75) is 13.0 Å². The highest BCUT2D eigenvalue weighted by atomic mass is 79.9. The number of nitrogens with one attached hydrogen (secondary N) is 3. The summed E-state index contributed by atoms with van der Waals surface area (Å²) >= 11 is 3.03. The fraction of sp³-hybridized carbons (Fsp3) is 0.615. The van der Waals surface area contributed by atoms with Crippen LogP contribution in [0.2, 0.25) is 0 Å². The third kappa shape index (κ3) is 5.08. The number of H-pyrrole nitrogens is 1. The summed E-state index contributed by atoms with van der Waals surface area (Å²) in [6, 6.07) is 0. The zero-order valence-electron chi connectivity index (χ0n) is 12.2. The summed E-state index contributed by atoms with van der Waals surface area (Å²) in [4.78, 5) is 39.1. The van der Waals surface area contributed by atoms with Gasteiger partial charge >= 0.3 is 5.69 Å². The summed E-state index contributed by atoms with van der Waals surface area (Å²) in [5.41, 5.74) is -1.10. The maximum Gasteiger partial charge on any atom is 0.328 e. The van der Waals surface area contributed by atoms with E-state index in [1.165, 1.54) is 6.20 Å². The van der Waals surface area contributed by atoms with E-state index in [2.05, 4.69) is 36.4 Å². The van der Waals surface area contributed by atoms with Gasteiger partial charge in [-0.2, -0.15) is 0 Å². The summed E-state index contributed by atoms with van der Waals surface area (Å²) in [5.74, 6) is -0.249. The number of rotatable bonds is 6. The van der Waals surface area contributed by atoms with E-state index in [9.17, 15) is 14.4 Å².